The Bertz CT molecular complexity index is 1580. The standard InChI is InChI=1S/C35H44F2O11S/c36-35(37,49(41,42)43)30(40)48-32-12-22-6-24(13-32)34(25(22)14-32)46-26(15-44-28(38)31-7-19-2-20(10-31)21(3-19)11-31)27(47-34)16-45-29(39)33-8-17-1-18(9-33)5-23(33)4-17/h17-27H,1-16H2,(H,41,42,43). The molecule has 0 amide bonds. The van der Waals surface area contributed by atoms with Gasteiger partial charge < -0.3 is 23.7 Å². The van der Waals surface area contributed by atoms with Crippen LogP contribution in [0.2, 0.25) is 0 Å². The molecule has 1 spiro atoms. The van der Waals surface area contributed by atoms with Crippen LogP contribution in [0, 0.1) is 64.1 Å². The summed E-state index contributed by atoms with van der Waals surface area (Å²) < 4.78 is 90.7. The Labute approximate surface area is 283 Å². The largest absolute Gasteiger partial charge is 0.465 e. The highest BCUT2D eigenvalue weighted by Gasteiger charge is 2.74. The van der Waals surface area contributed by atoms with E-state index in [1.807, 2.05) is 0 Å². The van der Waals surface area contributed by atoms with Crippen LogP contribution < -0.4 is 0 Å². The molecule has 1 heterocycles. The number of carbonyl (C=O) groups excluding carboxylic acids is 3. The monoisotopic (exact) mass is 710 g/mol. The molecule has 0 aromatic rings. The molecular weight excluding hydrogens is 666 g/mol. The second kappa shape index (κ2) is 9.95. The molecule has 0 radical (unpaired) electrons. The van der Waals surface area contributed by atoms with Crippen molar-refractivity contribution < 1.29 is 59.8 Å². The molecule has 1 N–H and O–H groups in total. The van der Waals surface area contributed by atoms with Crippen molar-refractivity contribution in [1.29, 1.82) is 0 Å². The minimum atomic E-state index is -6.01. The Morgan fingerprint density at radius 2 is 1.33 bits per heavy atom. The van der Waals surface area contributed by atoms with Crippen LogP contribution in [-0.2, 0) is 48.2 Å². The molecule has 13 fully saturated rings. The first-order valence-electron chi connectivity index (χ1n) is 18.4. The summed E-state index contributed by atoms with van der Waals surface area (Å²) in [5.41, 5.74) is -2.22. The van der Waals surface area contributed by atoms with E-state index in [9.17, 15) is 31.6 Å². The fourth-order valence-corrected chi connectivity index (χ4v) is 14.5. The minimum Gasteiger partial charge on any atom is -0.462 e. The van der Waals surface area contributed by atoms with Crippen molar-refractivity contribution in [2.45, 2.75) is 119 Å². The van der Waals surface area contributed by atoms with Gasteiger partial charge in [-0.15, -0.1) is 0 Å². The maximum absolute atomic E-state index is 14.2. The predicted octanol–water partition coefficient (Wildman–Crippen LogP) is 4.42. The van der Waals surface area contributed by atoms with Crippen LogP contribution in [0.15, 0.2) is 0 Å². The quantitative estimate of drug-likeness (QED) is 0.206. The van der Waals surface area contributed by atoms with Crippen molar-refractivity contribution in [3.63, 3.8) is 0 Å². The molecule has 13 aliphatic rings. The van der Waals surface area contributed by atoms with Gasteiger partial charge in [0.15, 0.2) is 5.79 Å². The minimum absolute atomic E-state index is 0.0607. The Balaban J connectivity index is 0.870. The number of hydrogen-bond acceptors (Lipinski definition) is 10. The van der Waals surface area contributed by atoms with Gasteiger partial charge in [-0.05, 0) is 131 Å². The van der Waals surface area contributed by atoms with E-state index >= 15 is 0 Å². The van der Waals surface area contributed by atoms with Gasteiger partial charge in [-0.2, -0.15) is 17.2 Å². The molecule has 0 aromatic heterocycles. The SMILES string of the molecule is O=C(OCC1OC2(OC1COC(=O)C13CC4CC(CC1C4)C3)C1CC3CC(OC(=O)C(F)(F)S(=O)(=O)O)(C1)CC32)C12CC3CC(C1)C(C3)C2. The third-order valence-corrected chi connectivity index (χ3v) is 16.4. The molecule has 13 rings (SSSR count). The predicted molar refractivity (Wildman–Crippen MR) is 161 cm³/mol. The van der Waals surface area contributed by atoms with Gasteiger partial charge in [0.2, 0.25) is 0 Å². The van der Waals surface area contributed by atoms with Crippen molar-refractivity contribution >= 4 is 28.0 Å². The van der Waals surface area contributed by atoms with Crippen LogP contribution in [0.4, 0.5) is 8.78 Å². The molecule has 49 heavy (non-hydrogen) atoms. The summed E-state index contributed by atoms with van der Waals surface area (Å²) in [6.07, 6.45) is 9.71. The lowest BCUT2D eigenvalue weighted by Gasteiger charge is -2.45. The molecule has 0 aromatic carbocycles. The zero-order valence-corrected chi connectivity index (χ0v) is 28.2. The molecular formula is C35H44F2O11S. The van der Waals surface area contributed by atoms with Gasteiger partial charge in [0.05, 0.1) is 10.8 Å². The molecule has 11 nitrogen and oxygen atoms in total. The third-order valence-electron chi connectivity index (χ3n) is 15.6. The average molecular weight is 711 g/mol. The Morgan fingerprint density at radius 3 is 1.92 bits per heavy atom. The molecule has 12 bridgehead atoms. The lowest BCUT2D eigenvalue weighted by Crippen LogP contribution is -2.53. The van der Waals surface area contributed by atoms with Crippen molar-refractivity contribution in [2.75, 3.05) is 13.2 Å². The van der Waals surface area contributed by atoms with E-state index in [4.69, 9.17) is 28.2 Å². The lowest BCUT2D eigenvalue weighted by atomic mass is 9.69. The van der Waals surface area contributed by atoms with E-state index in [1.165, 1.54) is 19.3 Å². The van der Waals surface area contributed by atoms with Crippen LogP contribution in [0.25, 0.3) is 0 Å². The zero-order chi connectivity index (χ0) is 33.9. The normalized spacial score (nSPS) is 52.2. The van der Waals surface area contributed by atoms with E-state index < -0.39 is 55.8 Å². The van der Waals surface area contributed by atoms with Crippen molar-refractivity contribution in [1.82, 2.24) is 0 Å². The number of halogens is 2. The number of rotatable bonds is 9. The van der Waals surface area contributed by atoms with E-state index in [1.54, 1.807) is 0 Å². The highest BCUT2D eigenvalue weighted by atomic mass is 32.2. The number of ether oxygens (including phenoxy) is 5. The summed E-state index contributed by atoms with van der Waals surface area (Å²) in [7, 11) is -6.01. The maximum Gasteiger partial charge on any atom is 0.465 e. The first-order valence-corrected chi connectivity index (χ1v) is 19.8. The average Bonchev–Trinajstić information content (AvgIpc) is 3.83. The first-order chi connectivity index (χ1) is 23.1. The Kier molecular flexibility index (Phi) is 6.46. The van der Waals surface area contributed by atoms with Gasteiger partial charge in [0.1, 0.15) is 31.0 Å². The van der Waals surface area contributed by atoms with Gasteiger partial charge in [0.25, 0.3) is 0 Å². The van der Waals surface area contributed by atoms with Crippen LogP contribution >= 0.6 is 0 Å². The number of carbonyl (C=O) groups is 3. The summed E-state index contributed by atoms with van der Waals surface area (Å²) >= 11 is 0. The smallest absolute Gasteiger partial charge is 0.462 e. The molecule has 14 heteroatoms. The van der Waals surface area contributed by atoms with Gasteiger partial charge in [-0.25, -0.2) is 4.79 Å². The fourth-order valence-electron chi connectivity index (χ4n) is 14.3. The summed E-state index contributed by atoms with van der Waals surface area (Å²) in [5, 5.41) is -5.08. The third kappa shape index (κ3) is 4.32. The molecule has 1 aliphatic heterocycles. The molecule has 1 saturated heterocycles. The Morgan fingerprint density at radius 1 is 0.714 bits per heavy atom. The highest BCUT2D eigenvalue weighted by Crippen LogP contribution is 2.70. The van der Waals surface area contributed by atoms with E-state index in [0.717, 1.165) is 44.9 Å². The highest BCUT2D eigenvalue weighted by molar-refractivity contribution is 7.87. The van der Waals surface area contributed by atoms with Crippen LogP contribution in [0.5, 0.6) is 0 Å². The number of esters is 3. The Hall–Kier alpha value is -1.90. The lowest BCUT2D eigenvalue weighted by molar-refractivity contribution is -0.259. The zero-order valence-electron chi connectivity index (χ0n) is 27.4. The maximum atomic E-state index is 14.2. The summed E-state index contributed by atoms with van der Waals surface area (Å²) in [5.74, 6) is -1.42. The molecule has 12 aliphatic carbocycles. The van der Waals surface area contributed by atoms with Gasteiger partial charge in [-0.1, -0.05) is 0 Å². The van der Waals surface area contributed by atoms with Crippen molar-refractivity contribution in [3.05, 3.63) is 0 Å². The van der Waals surface area contributed by atoms with Crippen LogP contribution in [-0.4, -0.2) is 72.9 Å². The van der Waals surface area contributed by atoms with E-state index in [2.05, 4.69) is 0 Å². The second-order valence-electron chi connectivity index (χ2n) is 18.2. The summed E-state index contributed by atoms with van der Waals surface area (Å²) in [6.45, 7) is -0.123. The summed E-state index contributed by atoms with van der Waals surface area (Å²) in [4.78, 5) is 39.8. The van der Waals surface area contributed by atoms with Crippen LogP contribution in [0.1, 0.15) is 89.9 Å². The topological polar surface area (TPSA) is 152 Å². The molecule has 12 saturated carbocycles. The number of hydrogen-bond donors (Lipinski definition) is 1. The van der Waals surface area contributed by atoms with Gasteiger partial charge in [0, 0.05) is 11.8 Å². The fraction of sp³-hybridized carbons (Fsp3) is 0.914. The van der Waals surface area contributed by atoms with Gasteiger partial charge >= 0.3 is 33.3 Å². The molecule has 11 unspecified atom stereocenters. The second-order valence-corrected chi connectivity index (χ2v) is 19.6. The first kappa shape index (κ1) is 31.8. The summed E-state index contributed by atoms with van der Waals surface area (Å²) in [6, 6.07) is 0. The van der Waals surface area contributed by atoms with Crippen molar-refractivity contribution in [3.8, 4) is 0 Å². The van der Waals surface area contributed by atoms with E-state index in [0.29, 0.717) is 41.9 Å². The van der Waals surface area contributed by atoms with E-state index in [-0.39, 0.29) is 62.2 Å². The molecule has 270 valence electrons. The van der Waals surface area contributed by atoms with Gasteiger partial charge in [-0.3, -0.25) is 14.1 Å². The van der Waals surface area contributed by atoms with Crippen LogP contribution in [0.3, 0.4) is 0 Å². The van der Waals surface area contributed by atoms with Crippen molar-refractivity contribution in [2.24, 2.45) is 64.1 Å². The number of alkyl halides is 2. The molecule has 11 atom stereocenters.